The maximum atomic E-state index is 12.3. The normalized spacial score (nSPS) is 17.3. The lowest BCUT2D eigenvalue weighted by atomic mass is 10.1. The van der Waals surface area contributed by atoms with Gasteiger partial charge in [0.15, 0.2) is 0 Å². The second-order valence-corrected chi connectivity index (χ2v) is 5.86. The lowest BCUT2D eigenvalue weighted by Crippen LogP contribution is -2.30. The number of hydrogen-bond acceptors (Lipinski definition) is 5. The van der Waals surface area contributed by atoms with E-state index in [0.29, 0.717) is 30.8 Å². The average molecular weight is 299 g/mol. The largest absolute Gasteiger partial charge is 0.534 e. The van der Waals surface area contributed by atoms with Gasteiger partial charge in [0, 0.05) is 25.7 Å². The molecule has 0 aliphatic carbocycles. The van der Waals surface area contributed by atoms with Crippen LogP contribution in [-0.2, 0) is 30.1 Å². The summed E-state index contributed by atoms with van der Waals surface area (Å²) < 4.78 is 64.2. The second kappa shape index (κ2) is 4.37. The topological polar surface area (TPSA) is 64.4 Å². The fraction of sp³-hybridized carbons (Fsp3) is 0.667. The van der Waals surface area contributed by atoms with Crippen molar-refractivity contribution in [3.8, 4) is 5.88 Å². The van der Waals surface area contributed by atoms with Crippen molar-refractivity contribution in [2.24, 2.45) is 7.05 Å². The molecule has 6 nitrogen and oxygen atoms in total. The Labute approximate surface area is 107 Å². The zero-order valence-electron chi connectivity index (χ0n) is 10.2. The van der Waals surface area contributed by atoms with Crippen LogP contribution in [0, 0.1) is 0 Å². The van der Waals surface area contributed by atoms with Gasteiger partial charge in [-0.05, 0) is 13.5 Å². The molecule has 0 spiro atoms. The summed E-state index contributed by atoms with van der Waals surface area (Å²) in [6, 6.07) is 0. The van der Waals surface area contributed by atoms with Crippen LogP contribution in [0.25, 0.3) is 0 Å². The molecule has 1 aromatic rings. The summed E-state index contributed by atoms with van der Waals surface area (Å²) in [7, 11) is -2.48. The van der Waals surface area contributed by atoms with Crippen molar-refractivity contribution in [3.05, 3.63) is 11.3 Å². The smallest absolute Gasteiger partial charge is 0.355 e. The standard InChI is InChI=1S/C9H12F3N3O3S/c1-14-4-3-6-7(5-14)13-15(2)8(6)18-19(16,17)9(10,11)12/h3-5H2,1-2H3. The highest BCUT2D eigenvalue weighted by Gasteiger charge is 2.49. The van der Waals surface area contributed by atoms with Crippen molar-refractivity contribution in [2.45, 2.75) is 18.5 Å². The highest BCUT2D eigenvalue weighted by atomic mass is 32.2. The predicted molar refractivity (Wildman–Crippen MR) is 58.8 cm³/mol. The molecule has 2 heterocycles. The van der Waals surface area contributed by atoms with Gasteiger partial charge in [0.1, 0.15) is 0 Å². The maximum absolute atomic E-state index is 12.3. The molecule has 0 unspecified atom stereocenters. The highest BCUT2D eigenvalue weighted by molar-refractivity contribution is 7.87. The number of alkyl halides is 3. The number of likely N-dealkylation sites (N-methyl/N-ethyl adjacent to an activating group) is 1. The van der Waals surface area contributed by atoms with Gasteiger partial charge in [-0.2, -0.15) is 26.7 Å². The summed E-state index contributed by atoms with van der Waals surface area (Å²) >= 11 is 0. The third kappa shape index (κ3) is 2.54. The summed E-state index contributed by atoms with van der Waals surface area (Å²) in [4.78, 5) is 1.93. The number of halogens is 3. The first-order valence-corrected chi connectivity index (χ1v) is 6.76. The van der Waals surface area contributed by atoms with Crippen LogP contribution in [0.1, 0.15) is 11.3 Å². The van der Waals surface area contributed by atoms with E-state index < -0.39 is 15.6 Å². The lowest BCUT2D eigenvalue weighted by Gasteiger charge is -2.21. The van der Waals surface area contributed by atoms with Crippen molar-refractivity contribution in [1.82, 2.24) is 14.7 Å². The molecule has 0 bridgehead atoms. The summed E-state index contributed by atoms with van der Waals surface area (Å²) in [5.41, 5.74) is -4.51. The van der Waals surface area contributed by atoms with Gasteiger partial charge in [0.25, 0.3) is 0 Å². The molecule has 1 aliphatic rings. The Bertz CT molecular complexity index is 594. The second-order valence-electron chi connectivity index (χ2n) is 4.32. The van der Waals surface area contributed by atoms with E-state index in [9.17, 15) is 21.6 Å². The number of aromatic nitrogens is 2. The van der Waals surface area contributed by atoms with Crippen molar-refractivity contribution < 1.29 is 25.8 Å². The Morgan fingerprint density at radius 2 is 1.95 bits per heavy atom. The van der Waals surface area contributed by atoms with Gasteiger partial charge in [-0.25, -0.2) is 4.68 Å². The molecule has 0 fully saturated rings. The van der Waals surface area contributed by atoms with Crippen LogP contribution in [0.4, 0.5) is 13.2 Å². The third-order valence-electron chi connectivity index (χ3n) is 2.81. The Morgan fingerprint density at radius 1 is 1.32 bits per heavy atom. The van der Waals surface area contributed by atoms with Gasteiger partial charge in [-0.3, -0.25) is 0 Å². The van der Waals surface area contributed by atoms with Crippen molar-refractivity contribution in [3.63, 3.8) is 0 Å². The van der Waals surface area contributed by atoms with E-state index >= 15 is 0 Å². The van der Waals surface area contributed by atoms with E-state index in [1.165, 1.54) is 7.05 Å². The minimum absolute atomic E-state index is 0.361. The van der Waals surface area contributed by atoms with Gasteiger partial charge in [-0.15, -0.1) is 0 Å². The average Bonchev–Trinajstić information content (AvgIpc) is 2.52. The molecular weight excluding hydrogens is 287 g/mol. The Morgan fingerprint density at radius 3 is 2.53 bits per heavy atom. The van der Waals surface area contributed by atoms with Crippen LogP contribution in [0.3, 0.4) is 0 Å². The van der Waals surface area contributed by atoms with Gasteiger partial charge in [0.2, 0.25) is 5.88 Å². The first-order valence-electron chi connectivity index (χ1n) is 5.36. The predicted octanol–water partition coefficient (Wildman–Crippen LogP) is 0.636. The summed E-state index contributed by atoms with van der Waals surface area (Å²) in [5, 5.41) is 3.99. The summed E-state index contributed by atoms with van der Waals surface area (Å²) in [6.07, 6.45) is 0.391. The van der Waals surface area contributed by atoms with E-state index in [-0.39, 0.29) is 5.88 Å². The minimum Gasteiger partial charge on any atom is -0.355 e. The molecule has 0 saturated carbocycles. The Hall–Kier alpha value is -1.29. The molecule has 19 heavy (non-hydrogen) atoms. The molecule has 0 radical (unpaired) electrons. The van der Waals surface area contributed by atoms with E-state index in [4.69, 9.17) is 0 Å². The van der Waals surface area contributed by atoms with Crippen LogP contribution in [0.5, 0.6) is 5.88 Å². The molecule has 2 rings (SSSR count). The molecular formula is C9H12F3N3O3S. The van der Waals surface area contributed by atoms with Crippen LogP contribution >= 0.6 is 0 Å². The van der Waals surface area contributed by atoms with E-state index in [1.54, 1.807) is 0 Å². The van der Waals surface area contributed by atoms with Crippen molar-refractivity contribution in [1.29, 1.82) is 0 Å². The number of nitrogens with zero attached hydrogens (tertiary/aromatic N) is 3. The summed E-state index contributed by atoms with van der Waals surface area (Å²) in [6.45, 7) is 1.04. The third-order valence-corrected chi connectivity index (χ3v) is 3.75. The maximum Gasteiger partial charge on any atom is 0.534 e. The molecule has 0 aromatic carbocycles. The molecule has 10 heteroatoms. The monoisotopic (exact) mass is 299 g/mol. The number of hydrogen-bond donors (Lipinski definition) is 0. The first-order chi connectivity index (χ1) is 8.62. The van der Waals surface area contributed by atoms with Gasteiger partial charge in [-0.1, -0.05) is 0 Å². The van der Waals surface area contributed by atoms with Gasteiger partial charge >= 0.3 is 15.6 Å². The van der Waals surface area contributed by atoms with Gasteiger partial charge in [0.05, 0.1) is 5.69 Å². The van der Waals surface area contributed by atoms with Crippen molar-refractivity contribution in [2.75, 3.05) is 13.6 Å². The minimum atomic E-state index is -5.66. The summed E-state index contributed by atoms with van der Waals surface area (Å²) in [5.74, 6) is -0.361. The fourth-order valence-corrected chi connectivity index (χ4v) is 2.39. The fourth-order valence-electron chi connectivity index (χ4n) is 1.88. The van der Waals surface area contributed by atoms with Crippen LogP contribution in [0.2, 0.25) is 0 Å². The highest BCUT2D eigenvalue weighted by Crippen LogP contribution is 2.32. The SMILES string of the molecule is CN1CCc2c(nn(C)c2OS(=O)(=O)C(F)(F)F)C1. The molecule has 1 aliphatic heterocycles. The molecule has 0 saturated heterocycles. The Balaban J connectivity index is 2.38. The number of rotatable bonds is 2. The first kappa shape index (κ1) is 14.1. The van der Waals surface area contributed by atoms with Crippen molar-refractivity contribution >= 4 is 10.1 Å². The van der Waals surface area contributed by atoms with Crippen LogP contribution < -0.4 is 4.18 Å². The zero-order chi connectivity index (χ0) is 14.4. The van der Waals surface area contributed by atoms with E-state index in [0.717, 1.165) is 4.68 Å². The van der Waals surface area contributed by atoms with Gasteiger partial charge < -0.3 is 9.08 Å². The number of aryl methyl sites for hydroxylation is 1. The molecule has 1 aromatic heterocycles. The quantitative estimate of drug-likeness (QED) is 0.592. The molecule has 0 N–H and O–H groups in total. The van der Waals surface area contributed by atoms with E-state index in [1.807, 2.05) is 11.9 Å². The lowest BCUT2D eigenvalue weighted by molar-refractivity contribution is -0.0502. The zero-order valence-corrected chi connectivity index (χ0v) is 11.0. The van der Waals surface area contributed by atoms with E-state index in [2.05, 4.69) is 9.28 Å². The Kier molecular flexibility index (Phi) is 3.25. The van der Waals surface area contributed by atoms with Crippen LogP contribution in [0.15, 0.2) is 0 Å². The number of fused-ring (bicyclic) bond motifs is 1. The molecule has 0 amide bonds. The van der Waals surface area contributed by atoms with Crippen LogP contribution in [-0.4, -0.2) is 42.2 Å². The molecule has 108 valence electrons. The molecule has 0 atom stereocenters.